The Balaban J connectivity index is 1.78. The van der Waals surface area contributed by atoms with Gasteiger partial charge in [0.2, 0.25) is 5.13 Å². The van der Waals surface area contributed by atoms with Gasteiger partial charge in [-0.2, -0.15) is 13.2 Å². The van der Waals surface area contributed by atoms with Gasteiger partial charge in [-0.3, -0.25) is 10.1 Å². The van der Waals surface area contributed by atoms with Crippen LogP contribution in [-0.2, 0) is 6.18 Å². The summed E-state index contributed by atoms with van der Waals surface area (Å²) in [5.41, 5.74) is -0.152. The van der Waals surface area contributed by atoms with Crippen molar-refractivity contribution >= 4 is 22.4 Å². The van der Waals surface area contributed by atoms with E-state index < -0.39 is 17.8 Å². The number of nitrogens with one attached hydrogen (secondary N) is 1. The lowest BCUT2D eigenvalue weighted by Gasteiger charge is -2.09. The predicted octanol–water partition coefficient (Wildman–Crippen LogP) is 4.18. The van der Waals surface area contributed by atoms with Crippen LogP contribution >= 0.6 is 11.3 Å². The first kappa shape index (κ1) is 17.0. The van der Waals surface area contributed by atoms with Crippen LogP contribution in [-0.4, -0.2) is 21.1 Å². The average Bonchev–Trinajstić information content (AvgIpc) is 3.03. The molecule has 0 spiro atoms. The van der Waals surface area contributed by atoms with Crippen molar-refractivity contribution in [3.8, 4) is 10.6 Å². The largest absolute Gasteiger partial charge is 0.433 e. The van der Waals surface area contributed by atoms with Crippen LogP contribution in [0.1, 0.15) is 21.7 Å². The summed E-state index contributed by atoms with van der Waals surface area (Å²) < 4.78 is 37.9. The van der Waals surface area contributed by atoms with E-state index in [-0.39, 0.29) is 16.4 Å². The van der Waals surface area contributed by atoms with Crippen LogP contribution in [0.5, 0.6) is 0 Å². The summed E-state index contributed by atoms with van der Waals surface area (Å²) in [6.07, 6.45) is -4.55. The van der Waals surface area contributed by atoms with Crippen molar-refractivity contribution in [3.05, 3.63) is 59.4 Å². The minimum Gasteiger partial charge on any atom is -0.296 e. The van der Waals surface area contributed by atoms with Crippen LogP contribution in [0.25, 0.3) is 10.6 Å². The van der Waals surface area contributed by atoms with Crippen molar-refractivity contribution in [2.45, 2.75) is 13.1 Å². The minimum absolute atomic E-state index is 0.0138. The maximum atomic E-state index is 12.6. The number of hydrogen-bond acceptors (Lipinski definition) is 5. The Hall–Kier alpha value is -2.81. The molecule has 128 valence electrons. The van der Waals surface area contributed by atoms with E-state index >= 15 is 0 Å². The summed E-state index contributed by atoms with van der Waals surface area (Å²) in [6.45, 7) is 1.35. The molecule has 1 amide bonds. The number of carbonyl (C=O) groups excluding carboxylic acids is 1. The Morgan fingerprint density at radius 3 is 2.44 bits per heavy atom. The molecule has 0 aliphatic heterocycles. The molecule has 25 heavy (non-hydrogen) atoms. The van der Waals surface area contributed by atoms with Gasteiger partial charge in [-0.15, -0.1) is 10.2 Å². The molecule has 3 aromatic rings. The highest BCUT2D eigenvalue weighted by atomic mass is 32.1. The zero-order chi connectivity index (χ0) is 18.0. The van der Waals surface area contributed by atoms with E-state index in [4.69, 9.17) is 0 Å². The fourth-order valence-corrected chi connectivity index (χ4v) is 2.84. The van der Waals surface area contributed by atoms with Crippen LogP contribution in [0.2, 0.25) is 0 Å². The van der Waals surface area contributed by atoms with Crippen LogP contribution < -0.4 is 5.32 Å². The number of pyridine rings is 1. The average molecular weight is 364 g/mol. The smallest absolute Gasteiger partial charge is 0.296 e. The van der Waals surface area contributed by atoms with Crippen LogP contribution in [0.15, 0.2) is 42.5 Å². The molecule has 1 aromatic carbocycles. The van der Waals surface area contributed by atoms with Gasteiger partial charge in [0.15, 0.2) is 0 Å². The van der Waals surface area contributed by atoms with Gasteiger partial charge in [0.1, 0.15) is 10.7 Å². The fourth-order valence-electron chi connectivity index (χ4n) is 2.09. The van der Waals surface area contributed by atoms with Crippen molar-refractivity contribution in [1.82, 2.24) is 15.2 Å². The highest BCUT2D eigenvalue weighted by Crippen LogP contribution is 2.29. The molecule has 2 heterocycles. The van der Waals surface area contributed by atoms with Crippen LogP contribution in [0, 0.1) is 6.92 Å². The summed E-state index contributed by atoms with van der Waals surface area (Å²) in [4.78, 5) is 15.7. The third-order valence-electron chi connectivity index (χ3n) is 3.29. The molecule has 0 saturated carbocycles. The first-order valence-corrected chi connectivity index (χ1v) is 7.91. The summed E-state index contributed by atoms with van der Waals surface area (Å²) >= 11 is 1.17. The van der Waals surface area contributed by atoms with Gasteiger partial charge >= 0.3 is 6.18 Å². The number of aromatic nitrogens is 3. The quantitative estimate of drug-likeness (QED) is 0.757. The molecule has 0 saturated heterocycles. The molecule has 0 radical (unpaired) electrons. The van der Waals surface area contributed by atoms with Crippen molar-refractivity contribution in [2.24, 2.45) is 0 Å². The molecule has 0 fully saturated rings. The van der Waals surface area contributed by atoms with E-state index in [0.29, 0.717) is 5.01 Å². The number of rotatable bonds is 3. The monoisotopic (exact) mass is 364 g/mol. The van der Waals surface area contributed by atoms with Crippen molar-refractivity contribution < 1.29 is 18.0 Å². The zero-order valence-corrected chi connectivity index (χ0v) is 13.6. The predicted molar refractivity (Wildman–Crippen MR) is 87.3 cm³/mol. The third-order valence-corrected chi connectivity index (χ3v) is 4.17. The molecular weight excluding hydrogens is 353 g/mol. The molecule has 0 atom stereocenters. The second kappa shape index (κ2) is 6.60. The maximum absolute atomic E-state index is 12.6. The number of benzene rings is 1. The zero-order valence-electron chi connectivity index (χ0n) is 12.8. The lowest BCUT2D eigenvalue weighted by molar-refractivity contribution is -0.141. The number of carbonyl (C=O) groups is 1. The first-order valence-electron chi connectivity index (χ1n) is 7.10. The van der Waals surface area contributed by atoms with Crippen molar-refractivity contribution in [3.63, 3.8) is 0 Å². The Kier molecular flexibility index (Phi) is 4.49. The highest BCUT2D eigenvalue weighted by molar-refractivity contribution is 7.18. The molecule has 5 nitrogen and oxygen atoms in total. The van der Waals surface area contributed by atoms with Gasteiger partial charge in [-0.1, -0.05) is 41.7 Å². The van der Waals surface area contributed by atoms with E-state index in [9.17, 15) is 18.0 Å². The van der Waals surface area contributed by atoms with Crippen molar-refractivity contribution in [1.29, 1.82) is 0 Å². The molecule has 0 unspecified atom stereocenters. The first-order chi connectivity index (χ1) is 11.8. The van der Waals surface area contributed by atoms with Gasteiger partial charge in [0.05, 0.1) is 11.3 Å². The topological polar surface area (TPSA) is 67.8 Å². The molecule has 0 aliphatic carbocycles. The maximum Gasteiger partial charge on any atom is 0.433 e. The Morgan fingerprint density at radius 2 is 1.80 bits per heavy atom. The number of anilines is 1. The SMILES string of the molecule is Cc1nc(C(F)(F)F)ccc1C(=O)Nc1nnc(-c2ccccc2)s1. The Bertz CT molecular complexity index is 909. The standard InChI is InChI=1S/C16H11F3N4OS/c1-9-11(7-8-12(20-9)16(17,18)19)13(24)21-15-23-22-14(25-15)10-5-3-2-4-6-10/h2-8H,1H3,(H,21,23,24). The minimum atomic E-state index is -4.55. The number of hydrogen-bond donors (Lipinski definition) is 1. The van der Waals surface area contributed by atoms with Gasteiger partial charge in [0.25, 0.3) is 5.91 Å². The number of halogens is 3. The van der Waals surface area contributed by atoms with Crippen molar-refractivity contribution in [2.75, 3.05) is 5.32 Å². The van der Waals surface area contributed by atoms with Crippen LogP contribution in [0.3, 0.4) is 0 Å². The molecule has 9 heteroatoms. The molecule has 1 N–H and O–H groups in total. The number of nitrogens with zero attached hydrogens (tertiary/aromatic N) is 3. The van der Waals surface area contributed by atoms with Gasteiger partial charge in [-0.25, -0.2) is 4.98 Å². The van der Waals surface area contributed by atoms with Gasteiger partial charge < -0.3 is 0 Å². The molecular formula is C16H11F3N4OS. The van der Waals surface area contributed by atoms with E-state index in [2.05, 4.69) is 20.5 Å². The number of alkyl halides is 3. The van der Waals surface area contributed by atoms with E-state index in [0.717, 1.165) is 17.7 Å². The van der Waals surface area contributed by atoms with Crippen LogP contribution in [0.4, 0.5) is 18.3 Å². The Morgan fingerprint density at radius 1 is 1.08 bits per heavy atom. The lowest BCUT2D eigenvalue weighted by Crippen LogP contribution is -2.16. The number of aryl methyl sites for hydroxylation is 1. The second-order valence-electron chi connectivity index (χ2n) is 5.06. The molecule has 0 aliphatic rings. The van der Waals surface area contributed by atoms with E-state index in [1.54, 1.807) is 0 Å². The normalized spacial score (nSPS) is 11.4. The lowest BCUT2D eigenvalue weighted by atomic mass is 10.1. The summed E-state index contributed by atoms with van der Waals surface area (Å²) in [5.74, 6) is -0.588. The van der Waals surface area contributed by atoms with E-state index in [1.165, 1.54) is 18.3 Å². The van der Waals surface area contributed by atoms with Gasteiger partial charge in [0, 0.05) is 5.56 Å². The highest BCUT2D eigenvalue weighted by Gasteiger charge is 2.33. The summed E-state index contributed by atoms with van der Waals surface area (Å²) in [6, 6.07) is 11.2. The molecule has 3 rings (SSSR count). The number of amides is 1. The van der Waals surface area contributed by atoms with Gasteiger partial charge in [-0.05, 0) is 19.1 Å². The third kappa shape index (κ3) is 3.82. The Labute approximate surface area is 144 Å². The molecule has 2 aromatic heterocycles. The second-order valence-corrected chi connectivity index (χ2v) is 6.04. The summed E-state index contributed by atoms with van der Waals surface area (Å²) in [7, 11) is 0. The molecule has 0 bridgehead atoms. The fraction of sp³-hybridized carbons (Fsp3) is 0.125. The van der Waals surface area contributed by atoms with E-state index in [1.807, 2.05) is 30.3 Å². The summed E-state index contributed by atoms with van der Waals surface area (Å²) in [5, 5.41) is 11.3.